The molecule has 0 unspecified atom stereocenters. The van der Waals surface area contributed by atoms with Gasteiger partial charge in [0.25, 0.3) is 0 Å². The molecule has 0 N–H and O–H groups in total. The molecule has 0 aromatic carbocycles. The number of rotatable bonds is 2. The molecule has 0 bridgehead atoms. The summed E-state index contributed by atoms with van der Waals surface area (Å²) in [5.41, 5.74) is 2.58. The van der Waals surface area contributed by atoms with Crippen LogP contribution in [0.1, 0.15) is 25.7 Å². The molecular weight excluding hydrogens is 152 g/mol. The minimum Gasteiger partial charge on any atom is -0.299 e. The first-order valence-corrected chi connectivity index (χ1v) is 4.15. The van der Waals surface area contributed by atoms with E-state index in [1.165, 1.54) is 0 Å². The van der Waals surface area contributed by atoms with Gasteiger partial charge in [0.2, 0.25) is 0 Å². The van der Waals surface area contributed by atoms with E-state index in [4.69, 9.17) is 0 Å². The van der Waals surface area contributed by atoms with Crippen LogP contribution >= 0.6 is 0 Å². The van der Waals surface area contributed by atoms with Gasteiger partial charge in [-0.15, -0.1) is 5.73 Å². The number of carbonyl (C=O) groups is 2. The normalized spacial score (nSPS) is 19.0. The molecule has 2 heteroatoms. The van der Waals surface area contributed by atoms with Gasteiger partial charge in [-0.05, 0) is 18.9 Å². The van der Waals surface area contributed by atoms with E-state index >= 15 is 0 Å². The summed E-state index contributed by atoms with van der Waals surface area (Å²) in [7, 11) is 0. The van der Waals surface area contributed by atoms with Crippen LogP contribution in [-0.2, 0) is 9.59 Å². The second-order valence-corrected chi connectivity index (χ2v) is 2.98. The molecule has 1 rings (SSSR count). The molecule has 1 aliphatic rings. The van der Waals surface area contributed by atoms with Crippen molar-refractivity contribution in [2.75, 3.05) is 0 Å². The molecule has 0 aromatic rings. The number of ketones is 2. The summed E-state index contributed by atoms with van der Waals surface area (Å²) in [6, 6.07) is 0. The molecule has 0 aromatic heterocycles. The van der Waals surface area contributed by atoms with Gasteiger partial charge in [0.05, 0.1) is 5.92 Å². The smallest absolute Gasteiger partial charge is 0.143 e. The zero-order chi connectivity index (χ0) is 8.97. The molecule has 0 aliphatic heterocycles. The molecule has 1 saturated carbocycles. The van der Waals surface area contributed by atoms with Crippen molar-refractivity contribution >= 4 is 11.6 Å². The summed E-state index contributed by atoms with van der Waals surface area (Å²) in [6.45, 7) is 3.39. The van der Waals surface area contributed by atoms with Crippen LogP contribution in [0.3, 0.4) is 0 Å². The van der Waals surface area contributed by atoms with Crippen molar-refractivity contribution in [3.63, 3.8) is 0 Å². The van der Waals surface area contributed by atoms with Crippen LogP contribution in [0.4, 0.5) is 0 Å². The molecule has 0 radical (unpaired) electrons. The Kier molecular flexibility index (Phi) is 3.01. The number of carbonyl (C=O) groups excluding carboxylic acids is 2. The van der Waals surface area contributed by atoms with Gasteiger partial charge >= 0.3 is 0 Å². The van der Waals surface area contributed by atoms with Crippen molar-refractivity contribution < 1.29 is 9.59 Å². The minimum absolute atomic E-state index is 0.0813. The monoisotopic (exact) mass is 164 g/mol. The third-order valence-electron chi connectivity index (χ3n) is 2.12. The van der Waals surface area contributed by atoms with Crippen LogP contribution in [0.15, 0.2) is 18.4 Å². The SMILES string of the molecule is C=C=CCC1C(=O)CCCC1=O. The summed E-state index contributed by atoms with van der Waals surface area (Å²) in [4.78, 5) is 22.4. The molecular formula is C10H12O2. The Hall–Kier alpha value is -1.14. The van der Waals surface area contributed by atoms with Gasteiger partial charge in [-0.3, -0.25) is 9.59 Å². The van der Waals surface area contributed by atoms with Gasteiger partial charge < -0.3 is 0 Å². The van der Waals surface area contributed by atoms with Crippen LogP contribution in [-0.4, -0.2) is 11.6 Å². The third kappa shape index (κ3) is 1.93. The van der Waals surface area contributed by atoms with Crippen LogP contribution in [0.5, 0.6) is 0 Å². The highest BCUT2D eigenvalue weighted by atomic mass is 16.2. The highest BCUT2D eigenvalue weighted by molar-refractivity contribution is 6.04. The maximum Gasteiger partial charge on any atom is 0.143 e. The Labute approximate surface area is 72.0 Å². The fraction of sp³-hybridized carbons (Fsp3) is 0.500. The second-order valence-electron chi connectivity index (χ2n) is 2.98. The molecule has 0 saturated heterocycles. The molecule has 0 heterocycles. The first-order chi connectivity index (χ1) is 5.75. The quantitative estimate of drug-likeness (QED) is 0.459. The fourth-order valence-electron chi connectivity index (χ4n) is 1.43. The largest absolute Gasteiger partial charge is 0.299 e. The Morgan fingerprint density at radius 3 is 2.50 bits per heavy atom. The molecule has 64 valence electrons. The maximum absolute atomic E-state index is 11.2. The van der Waals surface area contributed by atoms with Gasteiger partial charge in [0.1, 0.15) is 11.6 Å². The molecule has 1 fully saturated rings. The van der Waals surface area contributed by atoms with E-state index in [2.05, 4.69) is 12.3 Å². The Bertz CT molecular complexity index is 231. The average molecular weight is 164 g/mol. The molecule has 0 atom stereocenters. The lowest BCUT2D eigenvalue weighted by Crippen LogP contribution is -2.27. The maximum atomic E-state index is 11.2. The number of allylic oxidation sites excluding steroid dienone is 1. The van der Waals surface area contributed by atoms with Crippen LogP contribution in [0.2, 0.25) is 0 Å². The van der Waals surface area contributed by atoms with Crippen LogP contribution < -0.4 is 0 Å². The van der Waals surface area contributed by atoms with Gasteiger partial charge in [0, 0.05) is 12.8 Å². The molecule has 12 heavy (non-hydrogen) atoms. The summed E-state index contributed by atoms with van der Waals surface area (Å²) >= 11 is 0. The zero-order valence-electron chi connectivity index (χ0n) is 7.01. The molecule has 0 amide bonds. The van der Waals surface area contributed by atoms with Crippen molar-refractivity contribution in [2.45, 2.75) is 25.7 Å². The topological polar surface area (TPSA) is 34.1 Å². The standard InChI is InChI=1S/C10H12O2/c1-2-3-5-8-9(11)6-4-7-10(8)12/h3,8H,1,4-7H2. The highest BCUT2D eigenvalue weighted by Gasteiger charge is 2.28. The number of hydrogen-bond acceptors (Lipinski definition) is 2. The lowest BCUT2D eigenvalue weighted by molar-refractivity contribution is -0.135. The summed E-state index contributed by atoms with van der Waals surface area (Å²) in [6.07, 6.45) is 3.99. The number of Topliss-reactive ketones (excluding diaryl/α,β-unsaturated/α-hetero) is 2. The summed E-state index contributed by atoms with van der Waals surface area (Å²) in [5.74, 6) is -0.233. The fourth-order valence-corrected chi connectivity index (χ4v) is 1.43. The van der Waals surface area contributed by atoms with Gasteiger partial charge in [0.15, 0.2) is 0 Å². The zero-order valence-corrected chi connectivity index (χ0v) is 7.01. The second kappa shape index (κ2) is 4.03. The highest BCUT2D eigenvalue weighted by Crippen LogP contribution is 2.20. The Morgan fingerprint density at radius 2 is 2.00 bits per heavy atom. The van der Waals surface area contributed by atoms with Crippen molar-refractivity contribution in [1.82, 2.24) is 0 Å². The molecule has 2 nitrogen and oxygen atoms in total. The van der Waals surface area contributed by atoms with Crippen LogP contribution in [0, 0.1) is 5.92 Å². The number of hydrogen-bond donors (Lipinski definition) is 0. The molecule has 0 spiro atoms. The van der Waals surface area contributed by atoms with Crippen LogP contribution in [0.25, 0.3) is 0 Å². The van der Waals surface area contributed by atoms with E-state index in [0.29, 0.717) is 19.3 Å². The van der Waals surface area contributed by atoms with Crippen molar-refractivity contribution in [3.8, 4) is 0 Å². The first-order valence-electron chi connectivity index (χ1n) is 4.15. The van der Waals surface area contributed by atoms with Gasteiger partial charge in [-0.1, -0.05) is 6.58 Å². The lowest BCUT2D eigenvalue weighted by Gasteiger charge is -2.16. The summed E-state index contributed by atoms with van der Waals surface area (Å²) in [5, 5.41) is 0. The van der Waals surface area contributed by atoms with E-state index < -0.39 is 5.92 Å². The van der Waals surface area contributed by atoms with Crippen molar-refractivity contribution in [1.29, 1.82) is 0 Å². The van der Waals surface area contributed by atoms with E-state index in [1.807, 2.05) is 0 Å². The molecule has 1 aliphatic carbocycles. The minimum atomic E-state index is -0.395. The summed E-state index contributed by atoms with van der Waals surface area (Å²) < 4.78 is 0. The predicted molar refractivity (Wildman–Crippen MR) is 45.7 cm³/mol. The Balaban J connectivity index is 2.63. The van der Waals surface area contributed by atoms with E-state index in [1.54, 1.807) is 6.08 Å². The van der Waals surface area contributed by atoms with Crippen molar-refractivity contribution in [2.24, 2.45) is 5.92 Å². The van der Waals surface area contributed by atoms with Gasteiger partial charge in [-0.2, -0.15) is 0 Å². The first kappa shape index (κ1) is 8.95. The lowest BCUT2D eigenvalue weighted by atomic mass is 9.84. The predicted octanol–water partition coefficient (Wildman–Crippen LogP) is 1.66. The van der Waals surface area contributed by atoms with E-state index in [0.717, 1.165) is 6.42 Å². The third-order valence-corrected chi connectivity index (χ3v) is 2.12. The average Bonchev–Trinajstić information content (AvgIpc) is 2.04. The van der Waals surface area contributed by atoms with E-state index in [-0.39, 0.29) is 11.6 Å². The van der Waals surface area contributed by atoms with Crippen molar-refractivity contribution in [3.05, 3.63) is 18.4 Å². The van der Waals surface area contributed by atoms with E-state index in [9.17, 15) is 9.59 Å². The van der Waals surface area contributed by atoms with Gasteiger partial charge in [-0.25, -0.2) is 0 Å². The Morgan fingerprint density at radius 1 is 1.42 bits per heavy atom.